The van der Waals surface area contributed by atoms with Crippen LogP contribution in [0.15, 0.2) is 18.2 Å². The zero-order valence-electron chi connectivity index (χ0n) is 15.8. The first-order valence-corrected chi connectivity index (χ1v) is 8.78. The summed E-state index contributed by atoms with van der Waals surface area (Å²) in [5, 5.41) is 4.39. The first kappa shape index (κ1) is 17.5. The molecule has 1 saturated heterocycles. The van der Waals surface area contributed by atoms with Gasteiger partial charge in [-0.15, -0.1) is 0 Å². The molecule has 1 aliphatic rings. The summed E-state index contributed by atoms with van der Waals surface area (Å²) < 4.78 is 1.79. The number of aromatic nitrogens is 3. The van der Waals surface area contributed by atoms with E-state index in [0.717, 1.165) is 48.0 Å². The van der Waals surface area contributed by atoms with Crippen LogP contribution in [0, 0.1) is 20.8 Å². The number of rotatable bonds is 4. The lowest BCUT2D eigenvalue weighted by atomic mass is 10.0. The van der Waals surface area contributed by atoms with Crippen molar-refractivity contribution in [3.63, 3.8) is 0 Å². The van der Waals surface area contributed by atoms with Crippen molar-refractivity contribution >= 4 is 11.6 Å². The molecule has 6 nitrogen and oxygen atoms in total. The molecule has 2 aromatic heterocycles. The van der Waals surface area contributed by atoms with E-state index in [4.69, 9.17) is 4.98 Å². The summed E-state index contributed by atoms with van der Waals surface area (Å²) in [6, 6.07) is 6.23. The molecule has 0 saturated carbocycles. The van der Waals surface area contributed by atoms with Crippen molar-refractivity contribution in [1.29, 1.82) is 0 Å². The lowest BCUT2D eigenvalue weighted by Gasteiger charge is -2.19. The van der Waals surface area contributed by atoms with E-state index in [2.05, 4.69) is 22.1 Å². The van der Waals surface area contributed by atoms with Gasteiger partial charge in [0.2, 0.25) is 5.91 Å². The van der Waals surface area contributed by atoms with Gasteiger partial charge in [0.25, 0.3) is 0 Å². The fraction of sp³-hybridized carbons (Fsp3) is 0.526. The van der Waals surface area contributed by atoms with E-state index in [1.807, 2.05) is 45.8 Å². The average Bonchev–Trinajstić information content (AvgIpc) is 3.14. The zero-order chi connectivity index (χ0) is 18.1. The Balaban J connectivity index is 1.69. The minimum absolute atomic E-state index is 0.134. The molecule has 0 radical (unpaired) electrons. The van der Waals surface area contributed by atoms with E-state index in [9.17, 15) is 4.79 Å². The van der Waals surface area contributed by atoms with Crippen LogP contribution >= 0.6 is 0 Å². The van der Waals surface area contributed by atoms with Crippen LogP contribution in [0.4, 0.5) is 5.69 Å². The Hall–Kier alpha value is -2.37. The van der Waals surface area contributed by atoms with Crippen LogP contribution in [0.1, 0.15) is 35.1 Å². The normalized spacial score (nSPS) is 17.2. The fourth-order valence-corrected chi connectivity index (χ4v) is 3.43. The summed E-state index contributed by atoms with van der Waals surface area (Å²) in [5.41, 5.74) is 5.25. The number of nitrogens with zero attached hydrogens (tertiary/aromatic N) is 5. The van der Waals surface area contributed by atoms with Gasteiger partial charge in [0, 0.05) is 55.9 Å². The largest absolute Gasteiger partial charge is 0.378 e. The molecule has 0 aliphatic carbocycles. The highest BCUT2D eigenvalue weighted by Crippen LogP contribution is 2.28. The number of carbonyl (C=O) groups is 1. The van der Waals surface area contributed by atoms with E-state index in [0.29, 0.717) is 12.5 Å². The van der Waals surface area contributed by atoms with Crippen molar-refractivity contribution in [2.75, 3.05) is 32.1 Å². The van der Waals surface area contributed by atoms with Crippen molar-refractivity contribution in [1.82, 2.24) is 19.7 Å². The number of likely N-dealkylation sites (tertiary alicyclic amines) is 1. The second kappa shape index (κ2) is 6.86. The third kappa shape index (κ3) is 3.83. The molecule has 0 spiro atoms. The first-order valence-electron chi connectivity index (χ1n) is 8.78. The number of amides is 1. The highest BCUT2D eigenvalue weighted by molar-refractivity contribution is 5.76. The van der Waals surface area contributed by atoms with Crippen molar-refractivity contribution in [2.45, 2.75) is 39.7 Å². The fourth-order valence-electron chi connectivity index (χ4n) is 3.43. The Morgan fingerprint density at radius 2 is 1.96 bits per heavy atom. The van der Waals surface area contributed by atoms with Crippen molar-refractivity contribution in [2.24, 2.45) is 0 Å². The number of hydrogen-bond donors (Lipinski definition) is 0. The summed E-state index contributed by atoms with van der Waals surface area (Å²) in [5.74, 6) is 0.442. The molecule has 0 unspecified atom stereocenters. The molecule has 0 aromatic carbocycles. The van der Waals surface area contributed by atoms with Gasteiger partial charge in [0.05, 0.1) is 5.69 Å². The lowest BCUT2D eigenvalue weighted by molar-refractivity contribution is -0.131. The summed E-state index contributed by atoms with van der Waals surface area (Å²) in [7, 11) is 4.08. The summed E-state index contributed by atoms with van der Waals surface area (Å²) in [6.07, 6.45) is 0.964. The molecule has 0 bridgehead atoms. The van der Waals surface area contributed by atoms with Crippen molar-refractivity contribution in [3.8, 4) is 0 Å². The molecule has 0 N–H and O–H groups in total. The molecule has 2 aromatic rings. The van der Waals surface area contributed by atoms with Gasteiger partial charge in [-0.3, -0.25) is 14.5 Å². The smallest absolute Gasteiger partial charge is 0.244 e. The van der Waals surface area contributed by atoms with Crippen LogP contribution in [0.2, 0.25) is 0 Å². The number of hydrogen-bond acceptors (Lipinski definition) is 4. The Bertz CT molecular complexity index is 780. The summed E-state index contributed by atoms with van der Waals surface area (Å²) in [6.45, 7) is 7.80. The third-order valence-electron chi connectivity index (χ3n) is 4.82. The van der Waals surface area contributed by atoms with Crippen LogP contribution in [-0.2, 0) is 11.3 Å². The lowest BCUT2D eigenvalue weighted by Crippen LogP contribution is -2.32. The van der Waals surface area contributed by atoms with E-state index >= 15 is 0 Å². The molecular formula is C19H27N5O. The maximum Gasteiger partial charge on any atom is 0.244 e. The van der Waals surface area contributed by atoms with Gasteiger partial charge in [0.1, 0.15) is 6.54 Å². The maximum atomic E-state index is 12.6. The van der Waals surface area contributed by atoms with Gasteiger partial charge < -0.3 is 9.80 Å². The highest BCUT2D eigenvalue weighted by atomic mass is 16.2. The number of anilines is 1. The molecular weight excluding hydrogens is 314 g/mol. The molecule has 1 fully saturated rings. The average molecular weight is 341 g/mol. The maximum absolute atomic E-state index is 12.6. The van der Waals surface area contributed by atoms with Crippen LogP contribution in [0.5, 0.6) is 0 Å². The van der Waals surface area contributed by atoms with Gasteiger partial charge in [-0.1, -0.05) is 0 Å². The molecule has 3 heterocycles. The van der Waals surface area contributed by atoms with Gasteiger partial charge in [-0.25, -0.2) is 0 Å². The van der Waals surface area contributed by atoms with E-state index < -0.39 is 0 Å². The Morgan fingerprint density at radius 1 is 1.20 bits per heavy atom. The highest BCUT2D eigenvalue weighted by Gasteiger charge is 2.29. The molecule has 1 atom stereocenters. The third-order valence-corrected chi connectivity index (χ3v) is 4.82. The summed E-state index contributed by atoms with van der Waals surface area (Å²) in [4.78, 5) is 21.4. The van der Waals surface area contributed by atoms with Crippen molar-refractivity contribution in [3.05, 3.63) is 41.0 Å². The second-order valence-corrected chi connectivity index (χ2v) is 7.20. The minimum atomic E-state index is 0.134. The summed E-state index contributed by atoms with van der Waals surface area (Å²) >= 11 is 0. The van der Waals surface area contributed by atoms with Gasteiger partial charge in [-0.2, -0.15) is 5.10 Å². The molecule has 25 heavy (non-hydrogen) atoms. The van der Waals surface area contributed by atoms with E-state index in [-0.39, 0.29) is 5.91 Å². The zero-order valence-corrected chi connectivity index (χ0v) is 15.8. The van der Waals surface area contributed by atoms with E-state index in [1.165, 1.54) is 0 Å². The van der Waals surface area contributed by atoms with E-state index in [1.54, 1.807) is 4.68 Å². The topological polar surface area (TPSA) is 54.3 Å². The van der Waals surface area contributed by atoms with Crippen LogP contribution in [-0.4, -0.2) is 52.8 Å². The molecule has 134 valence electrons. The van der Waals surface area contributed by atoms with Crippen LogP contribution < -0.4 is 4.90 Å². The predicted octanol–water partition coefficient (Wildman–Crippen LogP) is 2.29. The Kier molecular flexibility index (Phi) is 4.79. The molecule has 3 rings (SSSR count). The number of aryl methyl sites for hydroxylation is 3. The van der Waals surface area contributed by atoms with Crippen molar-refractivity contribution < 1.29 is 4.79 Å². The predicted molar refractivity (Wildman–Crippen MR) is 98.9 cm³/mol. The van der Waals surface area contributed by atoms with Gasteiger partial charge >= 0.3 is 0 Å². The van der Waals surface area contributed by atoms with Crippen LogP contribution in [0.3, 0.4) is 0 Å². The standard InChI is InChI=1S/C19H27N5O/c1-13-9-17(22(4)5)10-18(20-13)16-6-7-23(11-16)19(25)12-24-15(3)8-14(2)21-24/h8-10,16H,6-7,11-12H2,1-5H3/t16-/m1/s1. The Labute approximate surface area is 149 Å². The number of pyridine rings is 1. The molecule has 1 amide bonds. The second-order valence-electron chi connectivity index (χ2n) is 7.20. The first-order chi connectivity index (χ1) is 11.8. The quantitative estimate of drug-likeness (QED) is 0.856. The minimum Gasteiger partial charge on any atom is -0.378 e. The Morgan fingerprint density at radius 3 is 2.60 bits per heavy atom. The van der Waals surface area contributed by atoms with Crippen LogP contribution in [0.25, 0.3) is 0 Å². The number of carbonyl (C=O) groups excluding carboxylic acids is 1. The SMILES string of the molecule is Cc1cc(N(C)C)cc([C@@H]2CCN(C(=O)Cn3nc(C)cc3C)C2)n1. The molecule has 1 aliphatic heterocycles. The molecule has 6 heteroatoms. The van der Waals surface area contributed by atoms with Gasteiger partial charge in [-0.05, 0) is 45.4 Å². The van der Waals surface area contributed by atoms with Gasteiger partial charge in [0.15, 0.2) is 0 Å². The monoisotopic (exact) mass is 341 g/mol.